The average molecular weight is 234 g/mol. The highest BCUT2D eigenvalue weighted by Gasteiger charge is 2.26. The summed E-state index contributed by atoms with van der Waals surface area (Å²) in [7, 11) is 0. The molecular weight excluding hydrogens is 212 g/mol. The highest BCUT2D eigenvalue weighted by Crippen LogP contribution is 2.25. The molecule has 2 unspecified atom stereocenters. The first kappa shape index (κ1) is 12.3. The topological polar surface area (TPSA) is 55.0 Å². The van der Waals surface area contributed by atoms with Gasteiger partial charge >= 0.3 is 0 Å². The van der Waals surface area contributed by atoms with Gasteiger partial charge in [0.25, 0.3) is 0 Å². The van der Waals surface area contributed by atoms with Crippen molar-refractivity contribution >= 4 is 5.82 Å². The summed E-state index contributed by atoms with van der Waals surface area (Å²) in [6, 6.07) is 0. The molecule has 0 aromatic carbocycles. The van der Waals surface area contributed by atoms with Gasteiger partial charge in [-0.3, -0.25) is 4.98 Å². The smallest absolute Gasteiger partial charge is 0.147 e. The molecule has 4 heteroatoms. The number of hydrogen-bond donors (Lipinski definition) is 1. The van der Waals surface area contributed by atoms with Gasteiger partial charge in [0.15, 0.2) is 0 Å². The summed E-state index contributed by atoms with van der Waals surface area (Å²) in [5.41, 5.74) is 7.85. The van der Waals surface area contributed by atoms with Crippen LogP contribution in [0.5, 0.6) is 0 Å². The summed E-state index contributed by atoms with van der Waals surface area (Å²) in [5, 5.41) is 0. The van der Waals surface area contributed by atoms with E-state index in [-0.39, 0.29) is 0 Å². The molecule has 0 amide bonds. The fourth-order valence-corrected chi connectivity index (χ4v) is 2.35. The molecule has 2 heterocycles. The van der Waals surface area contributed by atoms with E-state index in [1.54, 1.807) is 0 Å². The van der Waals surface area contributed by atoms with E-state index in [1.807, 2.05) is 20.0 Å². The molecule has 0 saturated carbocycles. The van der Waals surface area contributed by atoms with Gasteiger partial charge in [-0.15, -0.1) is 0 Å². The molecule has 2 N–H and O–H groups in total. The van der Waals surface area contributed by atoms with E-state index in [2.05, 4.69) is 21.8 Å². The van der Waals surface area contributed by atoms with Crippen LogP contribution in [-0.2, 0) is 0 Å². The van der Waals surface area contributed by atoms with Gasteiger partial charge in [-0.05, 0) is 38.6 Å². The Labute approximate surface area is 103 Å². The monoisotopic (exact) mass is 234 g/mol. The second-order valence-electron chi connectivity index (χ2n) is 5.11. The number of rotatable bonds is 2. The van der Waals surface area contributed by atoms with E-state index in [0.717, 1.165) is 42.8 Å². The minimum atomic E-state index is 0.576. The molecule has 1 aliphatic heterocycles. The van der Waals surface area contributed by atoms with Crippen molar-refractivity contribution in [1.29, 1.82) is 0 Å². The number of aromatic nitrogens is 2. The molecule has 0 radical (unpaired) electrons. The zero-order chi connectivity index (χ0) is 12.4. The predicted octanol–water partition coefficient (Wildman–Crippen LogP) is 1.51. The Hall–Kier alpha value is -1.16. The maximum atomic E-state index is 5.83. The van der Waals surface area contributed by atoms with E-state index in [1.165, 1.54) is 6.42 Å². The summed E-state index contributed by atoms with van der Waals surface area (Å²) < 4.78 is 0. The molecule has 0 spiro atoms. The summed E-state index contributed by atoms with van der Waals surface area (Å²) in [6.07, 6.45) is 3.07. The van der Waals surface area contributed by atoms with Crippen LogP contribution in [0, 0.1) is 25.7 Å². The molecule has 2 atom stereocenters. The fourth-order valence-electron chi connectivity index (χ4n) is 2.35. The van der Waals surface area contributed by atoms with Gasteiger partial charge < -0.3 is 10.6 Å². The number of nitrogens with two attached hydrogens (primary N) is 1. The second kappa shape index (κ2) is 5.00. The lowest BCUT2D eigenvalue weighted by Crippen LogP contribution is -2.43. The fraction of sp³-hybridized carbons (Fsp3) is 0.692. The number of aryl methyl sites for hydroxylation is 2. The largest absolute Gasteiger partial charge is 0.355 e. The summed E-state index contributed by atoms with van der Waals surface area (Å²) >= 11 is 0. The molecule has 0 bridgehead atoms. The van der Waals surface area contributed by atoms with Crippen LogP contribution in [0.1, 0.15) is 24.7 Å². The zero-order valence-corrected chi connectivity index (χ0v) is 11.0. The van der Waals surface area contributed by atoms with Gasteiger partial charge in [-0.25, -0.2) is 4.98 Å². The predicted molar refractivity (Wildman–Crippen MR) is 70.0 cm³/mol. The molecule has 0 aliphatic carbocycles. The van der Waals surface area contributed by atoms with Crippen LogP contribution in [0.15, 0.2) is 6.20 Å². The van der Waals surface area contributed by atoms with E-state index < -0.39 is 0 Å². The van der Waals surface area contributed by atoms with Crippen LogP contribution in [0.25, 0.3) is 0 Å². The quantitative estimate of drug-likeness (QED) is 0.843. The molecule has 2 rings (SSSR count). The highest BCUT2D eigenvalue weighted by molar-refractivity contribution is 5.38. The van der Waals surface area contributed by atoms with Gasteiger partial charge in [-0.2, -0.15) is 0 Å². The van der Waals surface area contributed by atoms with E-state index >= 15 is 0 Å². The van der Waals surface area contributed by atoms with Gasteiger partial charge in [0.05, 0.1) is 17.6 Å². The first-order chi connectivity index (χ1) is 8.11. The second-order valence-corrected chi connectivity index (χ2v) is 5.11. The van der Waals surface area contributed by atoms with E-state index in [4.69, 9.17) is 5.73 Å². The highest BCUT2D eigenvalue weighted by atomic mass is 15.2. The van der Waals surface area contributed by atoms with Crippen molar-refractivity contribution in [3.63, 3.8) is 0 Å². The lowest BCUT2D eigenvalue weighted by Gasteiger charge is -2.37. The van der Waals surface area contributed by atoms with Crippen LogP contribution in [-0.4, -0.2) is 29.6 Å². The third-order valence-corrected chi connectivity index (χ3v) is 3.92. The maximum absolute atomic E-state index is 5.83. The third kappa shape index (κ3) is 2.57. The number of piperidine rings is 1. The molecule has 94 valence electrons. The zero-order valence-electron chi connectivity index (χ0n) is 11.0. The van der Waals surface area contributed by atoms with Crippen molar-refractivity contribution in [3.8, 4) is 0 Å². The average Bonchev–Trinajstić information content (AvgIpc) is 2.33. The van der Waals surface area contributed by atoms with Crippen molar-refractivity contribution in [2.45, 2.75) is 27.2 Å². The Kier molecular flexibility index (Phi) is 3.62. The van der Waals surface area contributed by atoms with Crippen LogP contribution >= 0.6 is 0 Å². The lowest BCUT2D eigenvalue weighted by molar-refractivity contribution is 0.306. The summed E-state index contributed by atoms with van der Waals surface area (Å²) in [4.78, 5) is 11.3. The number of hydrogen-bond acceptors (Lipinski definition) is 4. The molecule has 4 nitrogen and oxygen atoms in total. The normalized spacial score (nSPS) is 25.1. The van der Waals surface area contributed by atoms with Gasteiger partial charge in [0.1, 0.15) is 5.82 Å². The van der Waals surface area contributed by atoms with E-state index in [9.17, 15) is 0 Å². The van der Waals surface area contributed by atoms with Crippen molar-refractivity contribution in [2.24, 2.45) is 17.6 Å². The molecular formula is C13H22N4. The molecule has 17 heavy (non-hydrogen) atoms. The minimum Gasteiger partial charge on any atom is -0.355 e. The Balaban J connectivity index is 2.14. The SMILES string of the molecule is Cc1ncc(N2CCC(C)C(CN)C2)nc1C. The molecule has 1 fully saturated rings. The van der Waals surface area contributed by atoms with Gasteiger partial charge in [0, 0.05) is 13.1 Å². The Morgan fingerprint density at radius 1 is 1.41 bits per heavy atom. The maximum Gasteiger partial charge on any atom is 0.147 e. The van der Waals surface area contributed by atoms with Crippen LogP contribution in [0.2, 0.25) is 0 Å². The molecule has 1 aromatic heterocycles. The van der Waals surface area contributed by atoms with Crippen LogP contribution < -0.4 is 10.6 Å². The standard InChI is InChI=1S/C13H22N4/c1-9-4-5-17(8-12(9)6-14)13-7-15-10(2)11(3)16-13/h7,9,12H,4-6,8,14H2,1-3H3. The first-order valence-electron chi connectivity index (χ1n) is 6.37. The van der Waals surface area contributed by atoms with Crippen LogP contribution in [0.3, 0.4) is 0 Å². The molecule has 1 aromatic rings. The Bertz CT molecular complexity index is 391. The molecule has 1 saturated heterocycles. The summed E-state index contributed by atoms with van der Waals surface area (Å²) in [6.45, 7) is 9.13. The Morgan fingerprint density at radius 2 is 2.18 bits per heavy atom. The number of anilines is 1. The Morgan fingerprint density at radius 3 is 2.82 bits per heavy atom. The van der Waals surface area contributed by atoms with Gasteiger partial charge in [0.2, 0.25) is 0 Å². The minimum absolute atomic E-state index is 0.576. The number of nitrogens with zero attached hydrogens (tertiary/aromatic N) is 3. The summed E-state index contributed by atoms with van der Waals surface area (Å²) in [5.74, 6) is 2.29. The van der Waals surface area contributed by atoms with Crippen molar-refractivity contribution in [1.82, 2.24) is 9.97 Å². The third-order valence-electron chi connectivity index (χ3n) is 3.92. The van der Waals surface area contributed by atoms with Crippen molar-refractivity contribution in [3.05, 3.63) is 17.6 Å². The van der Waals surface area contributed by atoms with Gasteiger partial charge in [-0.1, -0.05) is 6.92 Å². The first-order valence-corrected chi connectivity index (χ1v) is 6.37. The van der Waals surface area contributed by atoms with Crippen molar-refractivity contribution < 1.29 is 0 Å². The molecule has 1 aliphatic rings. The lowest BCUT2D eigenvalue weighted by atomic mass is 9.87. The van der Waals surface area contributed by atoms with E-state index in [0.29, 0.717) is 5.92 Å². The van der Waals surface area contributed by atoms with Crippen molar-refractivity contribution in [2.75, 3.05) is 24.5 Å². The van der Waals surface area contributed by atoms with Crippen LogP contribution in [0.4, 0.5) is 5.82 Å².